The predicted octanol–water partition coefficient (Wildman–Crippen LogP) is 10.9. The van der Waals surface area contributed by atoms with Gasteiger partial charge in [-0.25, -0.2) is 13.6 Å². The second kappa shape index (κ2) is 11.5. The van der Waals surface area contributed by atoms with Crippen molar-refractivity contribution in [2.45, 2.75) is 25.7 Å². The van der Waals surface area contributed by atoms with Crippen LogP contribution in [0.4, 0.5) is 0 Å². The minimum Gasteiger partial charge on any atom is -0.312 e. The lowest BCUT2D eigenvalue weighted by molar-refractivity contribution is 0.405. The van der Waals surface area contributed by atoms with Crippen molar-refractivity contribution in [2.24, 2.45) is 5.92 Å². The summed E-state index contributed by atoms with van der Waals surface area (Å²) in [6, 6.07) is 51.6. The van der Waals surface area contributed by atoms with E-state index in [1.54, 1.807) is 0 Å². The molecule has 0 radical (unpaired) electrons. The molecule has 0 fully saturated rings. The maximum Gasteiger partial charge on any atom is 0.343 e. The molecule has 0 aliphatic heterocycles. The van der Waals surface area contributed by atoms with Gasteiger partial charge in [-0.2, -0.15) is 0 Å². The molecule has 0 bridgehead atoms. The minimum atomic E-state index is -0.646. The van der Waals surface area contributed by atoms with E-state index in [0.717, 1.165) is 66.8 Å². The van der Waals surface area contributed by atoms with Crippen LogP contribution in [0.5, 0.6) is 0 Å². The Morgan fingerprint density at radius 1 is 0.533 bits per heavy atom. The fourth-order valence-corrected chi connectivity index (χ4v) is 11.1. The first-order valence-corrected chi connectivity index (χ1v) is 20.6. The molecule has 4 heterocycles. The van der Waals surface area contributed by atoms with Crippen LogP contribution in [0, 0.1) is 5.92 Å². The Balaban J connectivity index is 1.24. The first kappa shape index (κ1) is 33.4. The van der Waals surface area contributed by atoms with Crippen LogP contribution in [0.1, 0.15) is 36.2 Å². The third-order valence-corrected chi connectivity index (χ3v) is 13.9. The molecule has 6 nitrogen and oxygen atoms in total. The summed E-state index contributed by atoms with van der Waals surface area (Å²) >= 11 is 0. The number of para-hydroxylation sites is 1. The Morgan fingerprint density at radius 3 is 1.85 bits per heavy atom. The molecule has 0 saturated heterocycles. The standard InChI is InChI=1S/C54H35N3O3/c1-54(2)43-19-11-9-17-34(43)39-27-40-35-18-10-12-20-45(35)55(46(40)29-44(39)54)47-28-42-38-25-32(30-13-5-3-6-14-30)21-23-36(38)51(58)56-49(42)50-48(47)41-26-33(31-15-7-4-8-16-31)22-24-37(41)52(59)57(50)53(56)60/h3-28,44H,29H2,1-2H3. The van der Waals surface area contributed by atoms with E-state index in [4.69, 9.17) is 0 Å². The van der Waals surface area contributed by atoms with Crippen molar-refractivity contribution in [3.05, 3.63) is 205 Å². The number of fused-ring (bicyclic) bond motifs is 10. The number of hydrogen-bond acceptors (Lipinski definition) is 3. The number of nitrogens with zero attached hydrogens (tertiary/aromatic N) is 3. The van der Waals surface area contributed by atoms with Gasteiger partial charge in [-0.3, -0.25) is 9.59 Å². The molecule has 1 atom stereocenters. The van der Waals surface area contributed by atoms with Gasteiger partial charge < -0.3 is 4.57 Å². The first-order chi connectivity index (χ1) is 29.3. The van der Waals surface area contributed by atoms with Gasteiger partial charge in [0.25, 0.3) is 11.1 Å². The van der Waals surface area contributed by atoms with Crippen LogP contribution >= 0.6 is 0 Å². The number of rotatable bonds is 3. The number of allylic oxidation sites excluding steroid dienone is 1. The van der Waals surface area contributed by atoms with E-state index in [9.17, 15) is 14.4 Å². The Kier molecular flexibility index (Phi) is 6.43. The van der Waals surface area contributed by atoms with Crippen molar-refractivity contribution in [3.63, 3.8) is 0 Å². The van der Waals surface area contributed by atoms with Crippen LogP contribution in [0.3, 0.4) is 0 Å². The Labute approximate surface area is 342 Å². The minimum absolute atomic E-state index is 0.111. The van der Waals surface area contributed by atoms with E-state index in [0.29, 0.717) is 21.8 Å². The second-order valence-corrected chi connectivity index (χ2v) is 17.2. The third-order valence-electron chi connectivity index (χ3n) is 13.9. The normalized spacial score (nSPS) is 15.7. The summed E-state index contributed by atoms with van der Waals surface area (Å²) in [5.74, 6) is 0.230. The molecule has 0 saturated carbocycles. The molecule has 2 aliphatic carbocycles. The highest BCUT2D eigenvalue weighted by Crippen LogP contribution is 2.55. The molecule has 284 valence electrons. The maximum atomic E-state index is 14.8. The van der Waals surface area contributed by atoms with Crippen molar-refractivity contribution >= 4 is 65.9 Å². The highest BCUT2D eigenvalue weighted by Gasteiger charge is 2.45. The van der Waals surface area contributed by atoms with Gasteiger partial charge in [0, 0.05) is 38.2 Å². The molecule has 6 heteroatoms. The Morgan fingerprint density at radius 2 is 1.13 bits per heavy atom. The number of hydrogen-bond donors (Lipinski definition) is 0. The van der Waals surface area contributed by atoms with Gasteiger partial charge in [-0.15, -0.1) is 0 Å². The summed E-state index contributed by atoms with van der Waals surface area (Å²) in [6.07, 6.45) is 3.21. The number of imidazole rings is 1. The lowest BCUT2D eigenvalue weighted by Crippen LogP contribution is -2.31. The van der Waals surface area contributed by atoms with Gasteiger partial charge in [-0.1, -0.05) is 129 Å². The lowest BCUT2D eigenvalue weighted by atomic mass is 9.73. The van der Waals surface area contributed by atoms with Crippen LogP contribution in [0.25, 0.3) is 93.8 Å². The van der Waals surface area contributed by atoms with Gasteiger partial charge in [0.2, 0.25) is 0 Å². The average molecular weight is 774 g/mol. The lowest BCUT2D eigenvalue weighted by Gasteiger charge is -2.32. The van der Waals surface area contributed by atoms with E-state index in [-0.39, 0.29) is 11.3 Å². The molecule has 11 aromatic rings. The Bertz CT molecular complexity index is 3890. The van der Waals surface area contributed by atoms with Gasteiger partial charge in [0.05, 0.1) is 22.2 Å². The van der Waals surface area contributed by atoms with Crippen LogP contribution in [0.2, 0.25) is 0 Å². The van der Waals surface area contributed by atoms with E-state index < -0.39 is 16.8 Å². The predicted molar refractivity (Wildman–Crippen MR) is 244 cm³/mol. The summed E-state index contributed by atoms with van der Waals surface area (Å²) in [7, 11) is 0. The second-order valence-electron chi connectivity index (χ2n) is 17.2. The van der Waals surface area contributed by atoms with E-state index in [2.05, 4.69) is 115 Å². The first-order valence-electron chi connectivity index (χ1n) is 20.6. The highest BCUT2D eigenvalue weighted by molar-refractivity contribution is 6.24. The highest BCUT2D eigenvalue weighted by atomic mass is 16.2. The van der Waals surface area contributed by atoms with Crippen molar-refractivity contribution < 1.29 is 0 Å². The van der Waals surface area contributed by atoms with Crippen molar-refractivity contribution in [1.82, 2.24) is 13.4 Å². The molecule has 0 N–H and O–H groups in total. The largest absolute Gasteiger partial charge is 0.343 e. The molecule has 2 aliphatic rings. The van der Waals surface area contributed by atoms with Crippen molar-refractivity contribution in [2.75, 3.05) is 0 Å². The van der Waals surface area contributed by atoms with Gasteiger partial charge in [0.15, 0.2) is 0 Å². The number of benzene rings is 7. The molecule has 7 aromatic carbocycles. The average Bonchev–Trinajstić information content (AvgIpc) is 3.86. The van der Waals surface area contributed by atoms with E-state index >= 15 is 0 Å². The number of pyridine rings is 2. The fraction of sp³-hybridized carbons (Fsp3) is 0.0926. The van der Waals surface area contributed by atoms with Crippen LogP contribution in [-0.2, 0) is 11.8 Å². The summed E-state index contributed by atoms with van der Waals surface area (Å²) in [5, 5.41) is 4.98. The van der Waals surface area contributed by atoms with Crippen LogP contribution < -0.4 is 16.8 Å². The third kappa shape index (κ3) is 4.14. The summed E-state index contributed by atoms with van der Waals surface area (Å²) in [6.45, 7) is 4.73. The monoisotopic (exact) mass is 773 g/mol. The molecule has 60 heavy (non-hydrogen) atoms. The molecule has 1 unspecified atom stereocenters. The molecule has 13 rings (SSSR count). The smallest absolute Gasteiger partial charge is 0.312 e. The quantitative estimate of drug-likeness (QED) is 0.168. The molecular formula is C54H35N3O3. The van der Waals surface area contributed by atoms with Gasteiger partial charge in [0.1, 0.15) is 0 Å². The van der Waals surface area contributed by atoms with Crippen molar-refractivity contribution in [1.29, 1.82) is 0 Å². The zero-order valence-electron chi connectivity index (χ0n) is 32.9. The molecule has 4 aromatic heterocycles. The molecule has 0 amide bonds. The van der Waals surface area contributed by atoms with Crippen molar-refractivity contribution in [3.8, 4) is 27.9 Å². The maximum absolute atomic E-state index is 14.8. The van der Waals surface area contributed by atoms with Gasteiger partial charge >= 0.3 is 5.69 Å². The zero-order valence-corrected chi connectivity index (χ0v) is 32.9. The summed E-state index contributed by atoms with van der Waals surface area (Å²) in [5.41, 5.74) is 11.6. The molecule has 0 spiro atoms. The SMILES string of the molecule is CC1(C)c2ccccc2C2=Cc3c(n(-c4cc5c6cc(-c7ccccc7)ccc6c(=O)n6c(=O)n7c(=O)c8ccc(-c9ccccc9)cc8c4c7c56)c4ccccc34)CC21. The summed E-state index contributed by atoms with van der Waals surface area (Å²) < 4.78 is 4.90. The summed E-state index contributed by atoms with van der Waals surface area (Å²) in [4.78, 5) is 44.2. The van der Waals surface area contributed by atoms with E-state index in [1.807, 2.05) is 60.7 Å². The fourth-order valence-electron chi connectivity index (χ4n) is 11.1. The van der Waals surface area contributed by atoms with Crippen LogP contribution in [0.15, 0.2) is 166 Å². The Hall–Kier alpha value is -7.57. The van der Waals surface area contributed by atoms with Crippen LogP contribution in [-0.4, -0.2) is 13.4 Å². The van der Waals surface area contributed by atoms with Gasteiger partial charge in [-0.05, 0) is 110 Å². The molecular weight excluding hydrogens is 739 g/mol. The van der Waals surface area contributed by atoms with E-state index in [1.165, 1.54) is 36.8 Å². The number of aromatic nitrogens is 3. The topological polar surface area (TPSA) is 65.0 Å². The zero-order chi connectivity index (χ0) is 40.2.